The van der Waals surface area contributed by atoms with E-state index in [4.69, 9.17) is 23.2 Å². The Morgan fingerprint density at radius 3 is 2.48 bits per heavy atom. The van der Waals surface area contributed by atoms with E-state index < -0.39 is 5.91 Å². The van der Waals surface area contributed by atoms with Crippen LogP contribution in [0.4, 0.5) is 5.69 Å². The van der Waals surface area contributed by atoms with Crippen molar-refractivity contribution in [2.75, 3.05) is 5.32 Å². The molecule has 0 spiro atoms. The van der Waals surface area contributed by atoms with Gasteiger partial charge in [0.1, 0.15) is 11.6 Å². The van der Waals surface area contributed by atoms with Gasteiger partial charge in [-0.1, -0.05) is 59.6 Å². The predicted octanol–water partition coefficient (Wildman–Crippen LogP) is 6.54. The number of amides is 1. The molecule has 3 aromatic carbocycles. The molecule has 0 atom stereocenters. The van der Waals surface area contributed by atoms with Gasteiger partial charge in [-0.25, -0.2) is 0 Å². The van der Waals surface area contributed by atoms with E-state index in [0.29, 0.717) is 22.3 Å². The van der Waals surface area contributed by atoms with E-state index in [1.807, 2.05) is 60.8 Å². The third-order valence-electron chi connectivity index (χ3n) is 4.81. The first-order valence-corrected chi connectivity index (χ1v) is 10.3. The number of halogens is 2. The van der Waals surface area contributed by atoms with Crippen LogP contribution in [0.15, 0.2) is 84.6 Å². The summed E-state index contributed by atoms with van der Waals surface area (Å²) in [5, 5.41) is 14.5. The van der Waals surface area contributed by atoms with Crippen molar-refractivity contribution < 1.29 is 4.79 Å². The second kappa shape index (κ2) is 9.09. The number of fused-ring (bicyclic) bond motifs is 1. The summed E-state index contributed by atoms with van der Waals surface area (Å²) in [7, 11) is 0. The van der Waals surface area contributed by atoms with Gasteiger partial charge in [-0.05, 0) is 48.0 Å². The maximum Gasteiger partial charge on any atom is 0.266 e. The van der Waals surface area contributed by atoms with Crippen LogP contribution in [0.2, 0.25) is 10.0 Å². The lowest BCUT2D eigenvalue weighted by atomic mass is 10.1. The zero-order valence-corrected chi connectivity index (χ0v) is 17.9. The van der Waals surface area contributed by atoms with Crippen molar-refractivity contribution in [3.05, 3.63) is 106 Å². The SMILES string of the molecule is N#C/C(=C\c1cn(Cc2cccc(Cl)c2)c2ccccc12)C(=O)Nc1cccc(Cl)c1. The fraction of sp³-hybridized carbons (Fsp3) is 0.0400. The van der Waals surface area contributed by atoms with Crippen molar-refractivity contribution >= 4 is 51.8 Å². The number of nitriles is 1. The van der Waals surface area contributed by atoms with Gasteiger partial charge in [0.15, 0.2) is 0 Å². The van der Waals surface area contributed by atoms with Crippen LogP contribution in [0.5, 0.6) is 0 Å². The number of carbonyl (C=O) groups excluding carboxylic acids is 1. The summed E-state index contributed by atoms with van der Waals surface area (Å²) in [5.74, 6) is -0.489. The average molecular weight is 446 g/mol. The molecule has 0 bridgehead atoms. The number of anilines is 1. The van der Waals surface area contributed by atoms with Crippen LogP contribution >= 0.6 is 23.2 Å². The van der Waals surface area contributed by atoms with E-state index in [1.54, 1.807) is 30.3 Å². The molecule has 0 unspecified atom stereocenters. The third kappa shape index (κ3) is 4.80. The van der Waals surface area contributed by atoms with E-state index in [-0.39, 0.29) is 5.57 Å². The Labute approximate surface area is 189 Å². The highest BCUT2D eigenvalue weighted by atomic mass is 35.5. The van der Waals surface area contributed by atoms with Gasteiger partial charge in [0.05, 0.1) is 0 Å². The minimum absolute atomic E-state index is 0.00522. The van der Waals surface area contributed by atoms with Crippen LogP contribution in [0, 0.1) is 11.3 Å². The largest absolute Gasteiger partial charge is 0.342 e. The van der Waals surface area contributed by atoms with Crippen LogP contribution in [-0.4, -0.2) is 10.5 Å². The van der Waals surface area contributed by atoms with E-state index in [0.717, 1.165) is 22.0 Å². The highest BCUT2D eigenvalue weighted by Gasteiger charge is 2.13. The highest BCUT2D eigenvalue weighted by molar-refractivity contribution is 6.31. The van der Waals surface area contributed by atoms with Crippen molar-refractivity contribution in [2.45, 2.75) is 6.54 Å². The summed E-state index contributed by atoms with van der Waals surface area (Å²) < 4.78 is 2.08. The van der Waals surface area contributed by atoms with E-state index in [2.05, 4.69) is 9.88 Å². The Morgan fingerprint density at radius 1 is 1.00 bits per heavy atom. The lowest BCUT2D eigenvalue weighted by Gasteiger charge is -2.06. The fourth-order valence-corrected chi connectivity index (χ4v) is 3.82. The van der Waals surface area contributed by atoms with Crippen molar-refractivity contribution in [1.82, 2.24) is 4.57 Å². The second-order valence-electron chi connectivity index (χ2n) is 6.99. The normalized spacial score (nSPS) is 11.3. The third-order valence-corrected chi connectivity index (χ3v) is 5.28. The van der Waals surface area contributed by atoms with Crippen LogP contribution < -0.4 is 5.32 Å². The molecular weight excluding hydrogens is 429 g/mol. The molecule has 1 amide bonds. The number of para-hydroxylation sites is 1. The molecular formula is C25H17Cl2N3O. The molecule has 6 heteroatoms. The Bertz CT molecular complexity index is 1350. The van der Waals surface area contributed by atoms with Gasteiger partial charge in [-0.3, -0.25) is 4.79 Å². The second-order valence-corrected chi connectivity index (χ2v) is 7.87. The molecule has 0 aliphatic carbocycles. The lowest BCUT2D eigenvalue weighted by molar-refractivity contribution is -0.112. The average Bonchev–Trinajstić information content (AvgIpc) is 3.09. The summed E-state index contributed by atoms with van der Waals surface area (Å²) in [4.78, 5) is 12.7. The smallest absolute Gasteiger partial charge is 0.266 e. The van der Waals surface area contributed by atoms with Gasteiger partial charge in [0.25, 0.3) is 5.91 Å². The number of hydrogen-bond acceptors (Lipinski definition) is 2. The zero-order valence-electron chi connectivity index (χ0n) is 16.3. The van der Waals surface area contributed by atoms with Crippen LogP contribution in [0.1, 0.15) is 11.1 Å². The summed E-state index contributed by atoms with van der Waals surface area (Å²) in [6.45, 7) is 0.617. The molecule has 0 saturated carbocycles. The van der Waals surface area contributed by atoms with Gasteiger partial charge in [-0.15, -0.1) is 0 Å². The quantitative estimate of drug-likeness (QED) is 0.280. The molecule has 1 N–H and O–H groups in total. The van der Waals surface area contributed by atoms with Crippen molar-refractivity contribution in [3.8, 4) is 6.07 Å². The number of hydrogen-bond donors (Lipinski definition) is 1. The Balaban J connectivity index is 1.68. The van der Waals surface area contributed by atoms with Crippen LogP contribution in [-0.2, 0) is 11.3 Å². The molecule has 0 saturated heterocycles. The maximum absolute atomic E-state index is 12.7. The minimum Gasteiger partial charge on any atom is -0.342 e. The minimum atomic E-state index is -0.489. The molecule has 1 heterocycles. The summed E-state index contributed by atoms with van der Waals surface area (Å²) in [6, 6.07) is 24.4. The van der Waals surface area contributed by atoms with Gasteiger partial charge < -0.3 is 9.88 Å². The topological polar surface area (TPSA) is 57.8 Å². The van der Waals surface area contributed by atoms with E-state index in [1.165, 1.54) is 0 Å². The molecule has 0 fully saturated rings. The molecule has 152 valence electrons. The van der Waals surface area contributed by atoms with E-state index >= 15 is 0 Å². The number of nitrogens with zero attached hydrogens (tertiary/aromatic N) is 2. The molecule has 0 aliphatic rings. The van der Waals surface area contributed by atoms with Crippen molar-refractivity contribution in [3.63, 3.8) is 0 Å². The molecule has 1 aromatic heterocycles. The number of carbonyl (C=O) groups is 1. The molecule has 4 nitrogen and oxygen atoms in total. The van der Waals surface area contributed by atoms with Gasteiger partial charge in [0, 0.05) is 44.9 Å². The predicted molar refractivity (Wildman–Crippen MR) is 126 cm³/mol. The number of benzene rings is 3. The van der Waals surface area contributed by atoms with Gasteiger partial charge >= 0.3 is 0 Å². The summed E-state index contributed by atoms with van der Waals surface area (Å²) >= 11 is 12.1. The van der Waals surface area contributed by atoms with Crippen molar-refractivity contribution in [2.24, 2.45) is 0 Å². The number of aromatic nitrogens is 1. The van der Waals surface area contributed by atoms with Gasteiger partial charge in [-0.2, -0.15) is 5.26 Å². The fourth-order valence-electron chi connectivity index (χ4n) is 3.42. The van der Waals surface area contributed by atoms with Gasteiger partial charge in [0.2, 0.25) is 0 Å². The standard InChI is InChI=1S/C25H17Cl2N3O/c26-20-6-3-5-17(11-20)15-30-16-19(23-9-1-2-10-24(23)30)12-18(14-28)25(31)29-22-8-4-7-21(27)13-22/h1-13,16H,15H2,(H,29,31)/b18-12+. The van der Waals surface area contributed by atoms with Crippen LogP contribution in [0.3, 0.4) is 0 Å². The monoisotopic (exact) mass is 445 g/mol. The first-order chi connectivity index (χ1) is 15.0. The number of nitrogens with one attached hydrogen (secondary N) is 1. The van der Waals surface area contributed by atoms with Crippen LogP contribution in [0.25, 0.3) is 17.0 Å². The molecule has 4 rings (SSSR count). The maximum atomic E-state index is 12.7. The summed E-state index contributed by atoms with van der Waals surface area (Å²) in [6.07, 6.45) is 3.55. The molecule has 31 heavy (non-hydrogen) atoms. The highest BCUT2D eigenvalue weighted by Crippen LogP contribution is 2.25. The molecule has 0 radical (unpaired) electrons. The molecule has 0 aliphatic heterocycles. The lowest BCUT2D eigenvalue weighted by Crippen LogP contribution is -2.13. The number of rotatable bonds is 5. The van der Waals surface area contributed by atoms with E-state index in [9.17, 15) is 10.1 Å². The van der Waals surface area contributed by atoms with Crippen molar-refractivity contribution in [1.29, 1.82) is 5.26 Å². The summed E-state index contributed by atoms with van der Waals surface area (Å²) in [5.41, 5.74) is 3.38. The first-order valence-electron chi connectivity index (χ1n) is 9.54. The first kappa shape index (κ1) is 20.7. The molecule has 4 aromatic rings. The Hall–Kier alpha value is -3.52. The Kier molecular flexibility index (Phi) is 6.08. The zero-order chi connectivity index (χ0) is 21.8. The Morgan fingerprint density at radius 2 is 1.74 bits per heavy atom.